The summed E-state index contributed by atoms with van der Waals surface area (Å²) < 4.78 is 10.6. The number of carbonyl (C=O) groups is 2. The Labute approximate surface area is 148 Å². The number of esters is 2. The van der Waals surface area contributed by atoms with Gasteiger partial charge < -0.3 is 9.47 Å². The van der Waals surface area contributed by atoms with Gasteiger partial charge in [0.2, 0.25) is 0 Å². The molecule has 4 heteroatoms. The van der Waals surface area contributed by atoms with Crippen LogP contribution in [0.25, 0.3) is 0 Å². The Kier molecular flexibility index (Phi) is 10.3. The zero-order chi connectivity index (χ0) is 18.8. The molecule has 0 radical (unpaired) electrons. The predicted octanol–water partition coefficient (Wildman–Crippen LogP) is 5.14. The van der Waals surface area contributed by atoms with Gasteiger partial charge in [0.15, 0.2) is 0 Å². The monoisotopic (exact) mass is 342 g/mol. The van der Waals surface area contributed by atoms with Gasteiger partial charge in [-0.25, -0.2) is 0 Å². The minimum Gasteiger partial charge on any atom is -0.466 e. The average molecular weight is 343 g/mol. The van der Waals surface area contributed by atoms with Crippen LogP contribution in [-0.2, 0) is 19.1 Å². The van der Waals surface area contributed by atoms with Gasteiger partial charge in [0.1, 0.15) is 0 Å². The van der Waals surface area contributed by atoms with E-state index in [9.17, 15) is 9.59 Å². The lowest BCUT2D eigenvalue weighted by atomic mass is 9.56. The molecular weight excluding hydrogens is 304 g/mol. The Balaban J connectivity index is 5.72. The molecule has 0 bridgehead atoms. The molecule has 0 aliphatic heterocycles. The van der Waals surface area contributed by atoms with Crippen molar-refractivity contribution in [3.8, 4) is 0 Å². The van der Waals surface area contributed by atoms with Gasteiger partial charge in [-0.15, -0.1) is 0 Å². The van der Waals surface area contributed by atoms with Crippen LogP contribution in [0.5, 0.6) is 0 Å². The summed E-state index contributed by atoms with van der Waals surface area (Å²) in [5.41, 5.74) is -1.20. The van der Waals surface area contributed by atoms with Gasteiger partial charge in [-0.05, 0) is 31.6 Å². The number of hydrogen-bond acceptors (Lipinski definition) is 4. The van der Waals surface area contributed by atoms with Crippen molar-refractivity contribution < 1.29 is 19.1 Å². The van der Waals surface area contributed by atoms with Crippen LogP contribution in [0.2, 0.25) is 0 Å². The van der Waals surface area contributed by atoms with Gasteiger partial charge in [-0.1, -0.05) is 60.3 Å². The quantitative estimate of drug-likeness (QED) is 0.364. The minimum atomic E-state index is -0.836. The van der Waals surface area contributed by atoms with Crippen LogP contribution >= 0.6 is 0 Å². The summed E-state index contributed by atoms with van der Waals surface area (Å²) in [6.45, 7) is 14.8. The van der Waals surface area contributed by atoms with E-state index in [1.807, 2.05) is 6.92 Å². The van der Waals surface area contributed by atoms with Gasteiger partial charge >= 0.3 is 11.9 Å². The Morgan fingerprint density at radius 1 is 0.917 bits per heavy atom. The first-order chi connectivity index (χ1) is 11.2. The van der Waals surface area contributed by atoms with E-state index < -0.39 is 5.41 Å². The Morgan fingerprint density at radius 2 is 1.50 bits per heavy atom. The predicted molar refractivity (Wildman–Crippen MR) is 97.7 cm³/mol. The number of rotatable bonds is 12. The number of unbranched alkanes of at least 4 members (excludes halogenated alkanes) is 3. The van der Waals surface area contributed by atoms with Crippen molar-refractivity contribution in [2.45, 2.75) is 87.0 Å². The molecule has 0 saturated heterocycles. The molecule has 0 heterocycles. The molecule has 0 rings (SSSR count). The summed E-state index contributed by atoms with van der Waals surface area (Å²) in [5, 5.41) is 0. The fraction of sp³-hybridized carbons (Fsp3) is 0.900. The average Bonchev–Trinajstić information content (AvgIpc) is 2.50. The summed E-state index contributed by atoms with van der Waals surface area (Å²) >= 11 is 0. The number of hydrogen-bond donors (Lipinski definition) is 0. The van der Waals surface area contributed by atoms with E-state index in [1.54, 1.807) is 6.92 Å². The maximum atomic E-state index is 13.0. The van der Waals surface area contributed by atoms with E-state index in [0.29, 0.717) is 19.6 Å². The second-order valence-corrected chi connectivity index (χ2v) is 7.47. The molecule has 24 heavy (non-hydrogen) atoms. The maximum Gasteiger partial charge on any atom is 0.313 e. The van der Waals surface area contributed by atoms with Crippen LogP contribution in [0.15, 0.2) is 0 Å². The first-order valence-electron chi connectivity index (χ1n) is 9.52. The lowest BCUT2D eigenvalue weighted by molar-refractivity contribution is -0.175. The summed E-state index contributed by atoms with van der Waals surface area (Å²) in [6, 6.07) is 0. The van der Waals surface area contributed by atoms with Crippen LogP contribution in [0.1, 0.15) is 87.0 Å². The van der Waals surface area contributed by atoms with Gasteiger partial charge in [0.05, 0.1) is 25.0 Å². The first kappa shape index (κ1) is 22.9. The molecule has 0 amide bonds. The van der Waals surface area contributed by atoms with Crippen molar-refractivity contribution in [1.29, 1.82) is 0 Å². The van der Waals surface area contributed by atoms with Gasteiger partial charge in [-0.3, -0.25) is 9.59 Å². The molecule has 0 aliphatic rings. The molecule has 1 atom stereocenters. The smallest absolute Gasteiger partial charge is 0.313 e. The lowest BCUT2D eigenvalue weighted by Crippen LogP contribution is -2.50. The second-order valence-electron chi connectivity index (χ2n) is 7.47. The van der Waals surface area contributed by atoms with Crippen LogP contribution in [0.3, 0.4) is 0 Å². The summed E-state index contributed by atoms with van der Waals surface area (Å²) in [7, 11) is 0. The zero-order valence-corrected chi connectivity index (χ0v) is 16.9. The van der Waals surface area contributed by atoms with Crippen molar-refractivity contribution in [3.05, 3.63) is 0 Å². The standard InChI is InChI=1S/C20H38O4/c1-8-11-12-13-14-20(18(22)24-10-3,15-17(21)23-9-2)19(6,7)16(4)5/h16H,8-15H2,1-7H3. The van der Waals surface area contributed by atoms with Crippen molar-refractivity contribution >= 4 is 11.9 Å². The Hall–Kier alpha value is -1.06. The van der Waals surface area contributed by atoms with Crippen molar-refractivity contribution in [3.63, 3.8) is 0 Å². The highest BCUT2D eigenvalue weighted by molar-refractivity contribution is 5.84. The molecule has 1 unspecified atom stereocenters. The van der Waals surface area contributed by atoms with E-state index in [1.165, 1.54) is 0 Å². The highest BCUT2D eigenvalue weighted by Crippen LogP contribution is 2.51. The third-order valence-corrected chi connectivity index (χ3v) is 5.55. The van der Waals surface area contributed by atoms with Crippen molar-refractivity contribution in [2.75, 3.05) is 13.2 Å². The Morgan fingerprint density at radius 3 is 1.96 bits per heavy atom. The second kappa shape index (κ2) is 10.7. The fourth-order valence-corrected chi connectivity index (χ4v) is 3.21. The maximum absolute atomic E-state index is 13.0. The van der Waals surface area contributed by atoms with Crippen molar-refractivity contribution in [2.24, 2.45) is 16.7 Å². The number of ether oxygens (including phenoxy) is 2. The molecule has 0 aromatic carbocycles. The van der Waals surface area contributed by atoms with Gasteiger partial charge in [0.25, 0.3) is 0 Å². The van der Waals surface area contributed by atoms with Crippen LogP contribution < -0.4 is 0 Å². The number of carbonyl (C=O) groups excluding carboxylic acids is 2. The van der Waals surface area contributed by atoms with Crippen molar-refractivity contribution in [1.82, 2.24) is 0 Å². The fourth-order valence-electron chi connectivity index (χ4n) is 3.21. The first-order valence-corrected chi connectivity index (χ1v) is 9.52. The molecule has 142 valence electrons. The molecule has 0 aromatic rings. The van der Waals surface area contributed by atoms with Crippen LogP contribution in [0.4, 0.5) is 0 Å². The largest absolute Gasteiger partial charge is 0.466 e. The molecular formula is C20H38O4. The zero-order valence-electron chi connectivity index (χ0n) is 16.9. The van der Waals surface area contributed by atoms with Crippen LogP contribution in [-0.4, -0.2) is 25.2 Å². The molecule has 0 saturated carbocycles. The van der Waals surface area contributed by atoms with E-state index in [-0.39, 0.29) is 29.7 Å². The molecule has 0 aromatic heterocycles. The molecule has 0 aliphatic carbocycles. The highest BCUT2D eigenvalue weighted by Gasteiger charge is 2.54. The normalized spacial score (nSPS) is 14.3. The molecule has 0 N–H and O–H groups in total. The van der Waals surface area contributed by atoms with E-state index >= 15 is 0 Å². The lowest BCUT2D eigenvalue weighted by Gasteiger charge is -2.47. The van der Waals surface area contributed by atoms with E-state index in [2.05, 4.69) is 34.6 Å². The Bertz CT molecular complexity index is 387. The summed E-state index contributed by atoms with van der Waals surface area (Å²) in [5.74, 6) is -0.328. The summed E-state index contributed by atoms with van der Waals surface area (Å²) in [6.07, 6.45) is 5.02. The van der Waals surface area contributed by atoms with Crippen LogP contribution in [0, 0.1) is 16.7 Å². The molecule has 0 spiro atoms. The molecule has 4 nitrogen and oxygen atoms in total. The van der Waals surface area contributed by atoms with Gasteiger partial charge in [-0.2, -0.15) is 0 Å². The van der Waals surface area contributed by atoms with E-state index in [4.69, 9.17) is 9.47 Å². The van der Waals surface area contributed by atoms with Gasteiger partial charge in [0, 0.05) is 0 Å². The van der Waals surface area contributed by atoms with E-state index in [0.717, 1.165) is 25.7 Å². The third kappa shape index (κ3) is 5.78. The SMILES string of the molecule is CCCCCCC(CC(=O)OCC)(C(=O)OCC)C(C)(C)C(C)C. The third-order valence-electron chi connectivity index (χ3n) is 5.55. The topological polar surface area (TPSA) is 52.6 Å². The highest BCUT2D eigenvalue weighted by atomic mass is 16.5. The summed E-state index contributed by atoms with van der Waals surface area (Å²) in [4.78, 5) is 25.3. The molecule has 0 fully saturated rings. The minimum absolute atomic E-state index is 0.0942.